The summed E-state index contributed by atoms with van der Waals surface area (Å²) in [6, 6.07) is 8.06. The van der Waals surface area contributed by atoms with E-state index in [0.29, 0.717) is 6.54 Å². The standard InChI is InChI=1S/C18H20N2O2S2/c1-12-7-8-23-18(12)15-10-20-16(24-15)11-19-9-13-5-4-6-14(21-2)17(13)22-3/h4-8,10,19H,9,11H2,1-3H3. The van der Waals surface area contributed by atoms with Crippen molar-refractivity contribution in [3.63, 3.8) is 0 Å². The molecule has 0 saturated heterocycles. The Hall–Kier alpha value is -1.89. The molecule has 0 fully saturated rings. The Bertz CT molecular complexity index is 811. The van der Waals surface area contributed by atoms with Gasteiger partial charge >= 0.3 is 0 Å². The van der Waals surface area contributed by atoms with E-state index in [-0.39, 0.29) is 0 Å². The number of ether oxygens (including phenoxy) is 2. The summed E-state index contributed by atoms with van der Waals surface area (Å²) in [6.07, 6.45) is 1.96. The molecule has 0 atom stereocenters. The van der Waals surface area contributed by atoms with E-state index in [0.717, 1.165) is 28.6 Å². The third kappa shape index (κ3) is 3.61. The van der Waals surface area contributed by atoms with Crippen molar-refractivity contribution in [1.82, 2.24) is 10.3 Å². The van der Waals surface area contributed by atoms with E-state index in [9.17, 15) is 0 Å². The molecule has 2 heterocycles. The average molecular weight is 361 g/mol. The topological polar surface area (TPSA) is 43.4 Å². The first-order chi connectivity index (χ1) is 11.7. The fourth-order valence-electron chi connectivity index (χ4n) is 2.52. The van der Waals surface area contributed by atoms with Crippen molar-refractivity contribution in [2.45, 2.75) is 20.0 Å². The van der Waals surface area contributed by atoms with Crippen LogP contribution < -0.4 is 14.8 Å². The lowest BCUT2D eigenvalue weighted by molar-refractivity contribution is 0.350. The van der Waals surface area contributed by atoms with Gasteiger partial charge in [0.05, 0.1) is 19.1 Å². The Kier molecular flexibility index (Phi) is 5.50. The SMILES string of the molecule is COc1cccc(CNCc2ncc(-c3sccc3C)s2)c1OC. The summed E-state index contributed by atoms with van der Waals surface area (Å²) < 4.78 is 10.8. The number of rotatable bonds is 7. The van der Waals surface area contributed by atoms with Crippen LogP contribution in [0, 0.1) is 6.92 Å². The zero-order valence-corrected chi connectivity index (χ0v) is 15.6. The highest BCUT2D eigenvalue weighted by Gasteiger charge is 2.10. The molecular weight excluding hydrogens is 340 g/mol. The predicted molar refractivity (Wildman–Crippen MR) is 100 cm³/mol. The van der Waals surface area contributed by atoms with Gasteiger partial charge in [-0.15, -0.1) is 22.7 Å². The van der Waals surface area contributed by atoms with E-state index in [1.165, 1.54) is 15.3 Å². The molecule has 24 heavy (non-hydrogen) atoms. The maximum Gasteiger partial charge on any atom is 0.165 e. The van der Waals surface area contributed by atoms with Gasteiger partial charge < -0.3 is 14.8 Å². The van der Waals surface area contributed by atoms with Crippen molar-refractivity contribution in [2.75, 3.05) is 14.2 Å². The molecule has 0 aliphatic rings. The van der Waals surface area contributed by atoms with Crippen molar-refractivity contribution < 1.29 is 9.47 Å². The first kappa shape index (κ1) is 17.0. The van der Waals surface area contributed by atoms with Crippen LogP contribution in [0.1, 0.15) is 16.1 Å². The average Bonchev–Trinajstić information content (AvgIpc) is 3.23. The number of thiazole rings is 1. The Morgan fingerprint density at radius 1 is 1.12 bits per heavy atom. The van der Waals surface area contributed by atoms with Gasteiger partial charge in [0, 0.05) is 29.7 Å². The second-order valence-electron chi connectivity index (χ2n) is 5.31. The van der Waals surface area contributed by atoms with Crippen molar-refractivity contribution in [3.8, 4) is 21.3 Å². The molecule has 6 heteroatoms. The molecule has 4 nitrogen and oxygen atoms in total. The molecule has 0 spiro atoms. The molecular formula is C18H20N2O2S2. The lowest BCUT2D eigenvalue weighted by Gasteiger charge is -2.12. The van der Waals surface area contributed by atoms with Crippen LogP contribution in [0.4, 0.5) is 0 Å². The largest absolute Gasteiger partial charge is 0.493 e. The van der Waals surface area contributed by atoms with Crippen molar-refractivity contribution >= 4 is 22.7 Å². The maximum absolute atomic E-state index is 5.46. The van der Waals surface area contributed by atoms with E-state index >= 15 is 0 Å². The van der Waals surface area contributed by atoms with E-state index in [1.807, 2.05) is 24.4 Å². The van der Waals surface area contributed by atoms with E-state index in [4.69, 9.17) is 9.47 Å². The Morgan fingerprint density at radius 2 is 2.00 bits per heavy atom. The summed E-state index contributed by atoms with van der Waals surface area (Å²) in [7, 11) is 3.32. The number of aromatic nitrogens is 1. The van der Waals surface area contributed by atoms with Crippen molar-refractivity contribution in [2.24, 2.45) is 0 Å². The van der Waals surface area contributed by atoms with Gasteiger partial charge in [-0.3, -0.25) is 0 Å². The third-order valence-corrected chi connectivity index (χ3v) is 5.91. The molecule has 0 saturated carbocycles. The number of methoxy groups -OCH3 is 2. The summed E-state index contributed by atoms with van der Waals surface area (Å²) >= 11 is 3.50. The summed E-state index contributed by atoms with van der Waals surface area (Å²) in [5, 5.41) is 6.64. The highest BCUT2D eigenvalue weighted by atomic mass is 32.1. The fourth-order valence-corrected chi connectivity index (χ4v) is 4.51. The molecule has 126 valence electrons. The summed E-state index contributed by atoms with van der Waals surface area (Å²) in [5.74, 6) is 1.53. The molecule has 2 aromatic heterocycles. The summed E-state index contributed by atoms with van der Waals surface area (Å²) in [5.41, 5.74) is 2.38. The molecule has 3 aromatic rings. The van der Waals surface area contributed by atoms with Crippen LogP contribution in [0.5, 0.6) is 11.5 Å². The summed E-state index contributed by atoms with van der Waals surface area (Å²) in [4.78, 5) is 7.08. The quantitative estimate of drug-likeness (QED) is 0.674. The van der Waals surface area contributed by atoms with E-state index < -0.39 is 0 Å². The first-order valence-corrected chi connectivity index (χ1v) is 9.32. The third-order valence-electron chi connectivity index (χ3n) is 3.72. The number of hydrogen-bond acceptors (Lipinski definition) is 6. The van der Waals surface area contributed by atoms with Crippen LogP contribution in [0.25, 0.3) is 9.75 Å². The number of benzene rings is 1. The highest BCUT2D eigenvalue weighted by Crippen LogP contribution is 2.33. The monoisotopic (exact) mass is 360 g/mol. The van der Waals surface area contributed by atoms with Gasteiger partial charge in [-0.25, -0.2) is 4.98 Å². The van der Waals surface area contributed by atoms with Gasteiger partial charge in [0.1, 0.15) is 5.01 Å². The van der Waals surface area contributed by atoms with Crippen molar-refractivity contribution in [1.29, 1.82) is 0 Å². The van der Waals surface area contributed by atoms with Crippen LogP contribution in [-0.2, 0) is 13.1 Å². The first-order valence-electron chi connectivity index (χ1n) is 7.62. The van der Waals surface area contributed by atoms with Crippen LogP contribution in [0.2, 0.25) is 0 Å². The summed E-state index contributed by atoms with van der Waals surface area (Å²) in [6.45, 7) is 3.57. The number of thiophene rings is 1. The van der Waals surface area contributed by atoms with Crippen LogP contribution in [-0.4, -0.2) is 19.2 Å². The number of nitrogens with zero attached hydrogens (tertiary/aromatic N) is 1. The highest BCUT2D eigenvalue weighted by molar-refractivity contribution is 7.21. The molecule has 0 radical (unpaired) electrons. The lowest BCUT2D eigenvalue weighted by Crippen LogP contribution is -2.13. The minimum atomic E-state index is 0.702. The minimum absolute atomic E-state index is 0.702. The van der Waals surface area contributed by atoms with Crippen molar-refractivity contribution in [3.05, 3.63) is 52.0 Å². The molecule has 3 rings (SSSR count). The Labute approximate surface area is 150 Å². The Balaban J connectivity index is 1.64. The molecule has 0 amide bonds. The predicted octanol–water partition coefficient (Wildman–Crippen LogP) is 4.49. The molecule has 0 aliphatic carbocycles. The molecule has 1 aromatic carbocycles. The zero-order valence-electron chi connectivity index (χ0n) is 14.0. The minimum Gasteiger partial charge on any atom is -0.493 e. The van der Waals surface area contributed by atoms with E-state index in [2.05, 4.69) is 28.7 Å². The number of aryl methyl sites for hydroxylation is 1. The van der Waals surface area contributed by atoms with Gasteiger partial charge in [-0.05, 0) is 30.0 Å². The number of hydrogen-bond donors (Lipinski definition) is 1. The van der Waals surface area contributed by atoms with Gasteiger partial charge in [0.15, 0.2) is 11.5 Å². The van der Waals surface area contributed by atoms with Crippen LogP contribution in [0.15, 0.2) is 35.8 Å². The zero-order chi connectivity index (χ0) is 16.9. The molecule has 0 unspecified atom stereocenters. The number of para-hydroxylation sites is 1. The van der Waals surface area contributed by atoms with Crippen LogP contribution >= 0.6 is 22.7 Å². The lowest BCUT2D eigenvalue weighted by atomic mass is 10.2. The van der Waals surface area contributed by atoms with E-state index in [1.54, 1.807) is 36.9 Å². The molecule has 0 bridgehead atoms. The fraction of sp³-hybridized carbons (Fsp3) is 0.278. The second kappa shape index (κ2) is 7.79. The van der Waals surface area contributed by atoms with Crippen LogP contribution in [0.3, 0.4) is 0 Å². The molecule has 0 aliphatic heterocycles. The van der Waals surface area contributed by atoms with Gasteiger partial charge in [-0.1, -0.05) is 12.1 Å². The maximum atomic E-state index is 5.46. The number of nitrogens with one attached hydrogen (secondary N) is 1. The normalized spacial score (nSPS) is 10.8. The Morgan fingerprint density at radius 3 is 2.71 bits per heavy atom. The van der Waals surface area contributed by atoms with Gasteiger partial charge in [-0.2, -0.15) is 0 Å². The molecule has 1 N–H and O–H groups in total. The second-order valence-corrected chi connectivity index (χ2v) is 7.34. The van der Waals surface area contributed by atoms with Gasteiger partial charge in [0.25, 0.3) is 0 Å². The smallest absolute Gasteiger partial charge is 0.165 e. The van der Waals surface area contributed by atoms with Gasteiger partial charge in [0.2, 0.25) is 0 Å².